The monoisotopic (exact) mass is 261 g/mol. The number of aromatic nitrogens is 1. The quantitative estimate of drug-likeness (QED) is 0.604. The molecule has 0 N–H and O–H groups in total. The van der Waals surface area contributed by atoms with Gasteiger partial charge in [0.2, 0.25) is 0 Å². The van der Waals surface area contributed by atoms with Gasteiger partial charge >= 0.3 is 5.97 Å². The summed E-state index contributed by atoms with van der Waals surface area (Å²) in [4.78, 5) is 15.7. The molecule has 0 fully saturated rings. The number of pyridine rings is 1. The van der Waals surface area contributed by atoms with Crippen LogP contribution in [0.1, 0.15) is 35.5 Å². The zero-order valence-electron chi connectivity index (χ0n) is 9.60. The molecule has 1 heterocycles. The maximum Gasteiger partial charge on any atom is 0.341 e. The van der Waals surface area contributed by atoms with Crippen LogP contribution in [0.5, 0.6) is 0 Å². The molecule has 0 bridgehead atoms. The van der Waals surface area contributed by atoms with E-state index in [0.29, 0.717) is 16.3 Å². The highest BCUT2D eigenvalue weighted by Gasteiger charge is 2.20. The topological polar surface area (TPSA) is 39.2 Å². The van der Waals surface area contributed by atoms with Gasteiger partial charge in [0.25, 0.3) is 0 Å². The van der Waals surface area contributed by atoms with Gasteiger partial charge in [0, 0.05) is 0 Å². The average molecular weight is 262 g/mol. The van der Waals surface area contributed by atoms with E-state index < -0.39 is 5.97 Å². The number of hydrogen-bond donors (Lipinski definition) is 0. The first-order chi connectivity index (χ1) is 7.34. The minimum atomic E-state index is -0.494. The fourth-order valence-electron chi connectivity index (χ4n) is 1.30. The predicted octanol–water partition coefficient (Wildman–Crippen LogP) is 3.57. The average Bonchev–Trinajstić information content (AvgIpc) is 2.13. The van der Waals surface area contributed by atoms with Crippen molar-refractivity contribution >= 4 is 29.2 Å². The van der Waals surface area contributed by atoms with E-state index in [1.807, 2.05) is 0 Å². The van der Waals surface area contributed by atoms with Crippen LogP contribution in [0.15, 0.2) is 0 Å². The number of esters is 1. The maximum atomic E-state index is 11.8. The summed E-state index contributed by atoms with van der Waals surface area (Å²) in [7, 11) is 0. The van der Waals surface area contributed by atoms with Crippen molar-refractivity contribution in [2.75, 3.05) is 0 Å². The Morgan fingerprint density at radius 1 is 1.31 bits per heavy atom. The van der Waals surface area contributed by atoms with Crippen molar-refractivity contribution < 1.29 is 9.53 Å². The summed E-state index contributed by atoms with van der Waals surface area (Å²) in [6, 6.07) is 0. The maximum absolute atomic E-state index is 11.8. The van der Waals surface area contributed by atoms with Crippen LogP contribution in [-0.4, -0.2) is 17.1 Å². The van der Waals surface area contributed by atoms with E-state index in [1.54, 1.807) is 27.7 Å². The summed E-state index contributed by atoms with van der Waals surface area (Å²) in [5, 5.41) is 0.574. The van der Waals surface area contributed by atoms with E-state index in [1.165, 1.54) is 0 Å². The van der Waals surface area contributed by atoms with Crippen LogP contribution >= 0.6 is 23.2 Å². The van der Waals surface area contributed by atoms with Crippen LogP contribution in [-0.2, 0) is 4.74 Å². The van der Waals surface area contributed by atoms with Gasteiger partial charge in [-0.2, -0.15) is 0 Å². The van der Waals surface area contributed by atoms with E-state index in [2.05, 4.69) is 4.98 Å². The molecule has 1 aromatic rings. The van der Waals surface area contributed by atoms with Gasteiger partial charge in [-0.3, -0.25) is 0 Å². The zero-order chi connectivity index (χ0) is 12.5. The molecule has 0 aliphatic carbocycles. The number of aryl methyl sites for hydroxylation is 1. The number of ether oxygens (including phenoxy) is 1. The fraction of sp³-hybridized carbons (Fsp3) is 0.455. The Morgan fingerprint density at radius 2 is 1.88 bits per heavy atom. The Morgan fingerprint density at radius 3 is 2.38 bits per heavy atom. The molecule has 16 heavy (non-hydrogen) atoms. The number of carbonyl (C=O) groups is 1. The van der Waals surface area contributed by atoms with Gasteiger partial charge in [-0.25, -0.2) is 9.78 Å². The molecular formula is C11H13Cl2NO2. The lowest BCUT2D eigenvalue weighted by molar-refractivity contribution is 0.0377. The second-order valence-corrected chi connectivity index (χ2v) is 4.49. The van der Waals surface area contributed by atoms with Crippen LogP contribution in [0.2, 0.25) is 10.2 Å². The Balaban J connectivity index is 3.24. The first-order valence-corrected chi connectivity index (χ1v) is 5.63. The van der Waals surface area contributed by atoms with Crippen molar-refractivity contribution in [1.29, 1.82) is 0 Å². The first-order valence-electron chi connectivity index (χ1n) is 4.87. The lowest BCUT2D eigenvalue weighted by Crippen LogP contribution is -2.14. The minimum Gasteiger partial charge on any atom is -0.459 e. The number of rotatable bonds is 2. The molecule has 0 radical (unpaired) electrons. The van der Waals surface area contributed by atoms with Crippen LogP contribution in [0.25, 0.3) is 0 Å². The summed E-state index contributed by atoms with van der Waals surface area (Å²) in [6.45, 7) is 6.99. The molecule has 0 aromatic carbocycles. The standard InChI is InChI=1S/C11H13Cl2NO2/c1-5(2)16-11(15)8-6(3)9(12)7(4)14-10(8)13/h5H,1-4H3. The lowest BCUT2D eigenvalue weighted by atomic mass is 10.1. The van der Waals surface area contributed by atoms with Crippen molar-refractivity contribution in [2.24, 2.45) is 0 Å². The van der Waals surface area contributed by atoms with E-state index in [-0.39, 0.29) is 16.8 Å². The van der Waals surface area contributed by atoms with Gasteiger partial charge in [0.1, 0.15) is 10.7 Å². The molecule has 0 atom stereocenters. The molecule has 0 aliphatic rings. The summed E-state index contributed by atoms with van der Waals surface area (Å²) < 4.78 is 5.07. The second-order valence-electron chi connectivity index (χ2n) is 3.76. The van der Waals surface area contributed by atoms with Crippen molar-refractivity contribution in [3.63, 3.8) is 0 Å². The minimum absolute atomic E-state index is 0.130. The highest BCUT2D eigenvalue weighted by Crippen LogP contribution is 2.27. The molecule has 0 spiro atoms. The van der Waals surface area contributed by atoms with Gasteiger partial charge in [-0.1, -0.05) is 23.2 Å². The van der Waals surface area contributed by atoms with Crippen LogP contribution < -0.4 is 0 Å². The van der Waals surface area contributed by atoms with Crippen molar-refractivity contribution in [1.82, 2.24) is 4.98 Å². The molecule has 0 aliphatic heterocycles. The molecule has 0 amide bonds. The molecule has 1 rings (SSSR count). The normalized spacial score (nSPS) is 10.7. The third-order valence-electron chi connectivity index (χ3n) is 2.04. The highest BCUT2D eigenvalue weighted by molar-refractivity contribution is 6.35. The van der Waals surface area contributed by atoms with Gasteiger partial charge in [0.15, 0.2) is 0 Å². The van der Waals surface area contributed by atoms with Gasteiger partial charge in [0.05, 0.1) is 16.8 Å². The lowest BCUT2D eigenvalue weighted by Gasteiger charge is -2.12. The van der Waals surface area contributed by atoms with Crippen LogP contribution in [0, 0.1) is 13.8 Å². The van der Waals surface area contributed by atoms with Crippen LogP contribution in [0.4, 0.5) is 0 Å². The predicted molar refractivity (Wildman–Crippen MR) is 64.3 cm³/mol. The number of nitrogens with zero attached hydrogens (tertiary/aromatic N) is 1. The van der Waals surface area contributed by atoms with Crippen LogP contribution in [0.3, 0.4) is 0 Å². The zero-order valence-corrected chi connectivity index (χ0v) is 11.1. The van der Waals surface area contributed by atoms with Gasteiger partial charge < -0.3 is 4.74 Å². The molecular weight excluding hydrogens is 249 g/mol. The van der Waals surface area contributed by atoms with Gasteiger partial charge in [-0.15, -0.1) is 0 Å². The Hall–Kier alpha value is -0.800. The largest absolute Gasteiger partial charge is 0.459 e. The molecule has 0 unspecified atom stereocenters. The molecule has 5 heteroatoms. The summed E-state index contributed by atoms with van der Waals surface area (Å²) in [6.07, 6.45) is -0.206. The fourth-order valence-corrected chi connectivity index (χ4v) is 1.78. The van der Waals surface area contributed by atoms with Crippen molar-refractivity contribution in [3.05, 3.63) is 27.0 Å². The summed E-state index contributed by atoms with van der Waals surface area (Å²) in [5.74, 6) is -0.494. The third kappa shape index (κ3) is 2.66. The first kappa shape index (κ1) is 13.3. The smallest absolute Gasteiger partial charge is 0.341 e. The Kier molecular flexibility index (Phi) is 4.16. The number of halogens is 2. The molecule has 3 nitrogen and oxygen atoms in total. The van der Waals surface area contributed by atoms with E-state index in [0.717, 1.165) is 0 Å². The van der Waals surface area contributed by atoms with Crippen molar-refractivity contribution in [3.8, 4) is 0 Å². The van der Waals surface area contributed by atoms with Crippen molar-refractivity contribution in [2.45, 2.75) is 33.8 Å². The summed E-state index contributed by atoms with van der Waals surface area (Å²) in [5.41, 5.74) is 1.45. The number of carbonyl (C=O) groups excluding carboxylic acids is 1. The van der Waals surface area contributed by atoms with E-state index in [4.69, 9.17) is 27.9 Å². The molecule has 0 saturated heterocycles. The molecule has 0 saturated carbocycles. The number of hydrogen-bond acceptors (Lipinski definition) is 3. The third-order valence-corrected chi connectivity index (χ3v) is 2.87. The Bertz CT molecular complexity index is 430. The highest BCUT2D eigenvalue weighted by atomic mass is 35.5. The van der Waals surface area contributed by atoms with E-state index in [9.17, 15) is 4.79 Å². The summed E-state index contributed by atoms with van der Waals surface area (Å²) >= 11 is 11.9. The molecule has 1 aromatic heterocycles. The van der Waals surface area contributed by atoms with E-state index >= 15 is 0 Å². The van der Waals surface area contributed by atoms with Gasteiger partial charge in [-0.05, 0) is 33.3 Å². The Labute approximate surface area is 105 Å². The second kappa shape index (κ2) is 5.02. The molecule has 88 valence electrons. The SMILES string of the molecule is Cc1nc(Cl)c(C(=O)OC(C)C)c(C)c1Cl.